The predicted molar refractivity (Wildman–Crippen MR) is 264 cm³/mol. The molecule has 0 radical (unpaired) electrons. The SMILES string of the molecule is CCCCCCCCC1C(CCCCCC)CCC(CCCCCCCC(=O)NC(C)(N)c2ccc3c(c2)OC(c2ccc(NC(=O)CCN=O)cc2)N3)C1CCCCCCCN=O. The maximum atomic E-state index is 13.2. The number of hydrogen-bond donors (Lipinski definition) is 4. The van der Waals surface area contributed by atoms with Crippen molar-refractivity contribution in [2.24, 2.45) is 39.8 Å². The molecule has 11 nitrogen and oxygen atoms in total. The van der Waals surface area contributed by atoms with Gasteiger partial charge in [0, 0.05) is 24.1 Å². The van der Waals surface area contributed by atoms with Gasteiger partial charge in [-0.1, -0.05) is 171 Å². The molecule has 2 aliphatic rings. The summed E-state index contributed by atoms with van der Waals surface area (Å²) in [6.07, 6.45) is 33.8. The Bertz CT molecular complexity index is 1640. The molecule has 358 valence electrons. The second kappa shape index (κ2) is 30.4. The highest BCUT2D eigenvalue weighted by atomic mass is 16.5. The zero-order valence-corrected chi connectivity index (χ0v) is 40.2. The summed E-state index contributed by atoms with van der Waals surface area (Å²) >= 11 is 0. The normalized spacial score (nSPS) is 20.1. The third-order valence-electron chi connectivity index (χ3n) is 14.2. The number of ether oxygens (including phenoxy) is 1. The lowest BCUT2D eigenvalue weighted by molar-refractivity contribution is -0.123. The number of rotatable bonds is 35. The predicted octanol–water partition coefficient (Wildman–Crippen LogP) is 14.3. The molecule has 1 aliphatic heterocycles. The fraction of sp³-hybridized carbons (Fsp3) is 0.736. The Balaban J connectivity index is 1.21. The average Bonchev–Trinajstić information content (AvgIpc) is 3.72. The number of nitroso groups, excluding NO2 is 2. The Morgan fingerprint density at radius 2 is 1.19 bits per heavy atom. The molecule has 64 heavy (non-hydrogen) atoms. The van der Waals surface area contributed by atoms with E-state index in [-0.39, 0.29) is 24.8 Å². The van der Waals surface area contributed by atoms with E-state index in [0.29, 0.717) is 24.4 Å². The topological polar surface area (TPSA) is 164 Å². The quantitative estimate of drug-likeness (QED) is 0.0304. The van der Waals surface area contributed by atoms with Crippen LogP contribution in [0, 0.1) is 33.5 Å². The van der Waals surface area contributed by atoms with Crippen LogP contribution in [0.4, 0.5) is 11.4 Å². The third-order valence-corrected chi connectivity index (χ3v) is 14.2. The van der Waals surface area contributed by atoms with Crippen molar-refractivity contribution in [3.8, 4) is 5.75 Å². The van der Waals surface area contributed by atoms with Gasteiger partial charge in [-0.05, 0) is 98.9 Å². The number of amides is 2. The summed E-state index contributed by atoms with van der Waals surface area (Å²) in [5.74, 6) is 3.87. The van der Waals surface area contributed by atoms with Gasteiger partial charge >= 0.3 is 0 Å². The van der Waals surface area contributed by atoms with Crippen LogP contribution in [0.1, 0.15) is 218 Å². The highest BCUT2D eigenvalue weighted by molar-refractivity contribution is 5.90. The van der Waals surface area contributed by atoms with Crippen LogP contribution in [0.3, 0.4) is 0 Å². The fourth-order valence-corrected chi connectivity index (χ4v) is 10.5. The van der Waals surface area contributed by atoms with Crippen LogP contribution in [-0.4, -0.2) is 24.9 Å². The van der Waals surface area contributed by atoms with E-state index in [0.717, 1.165) is 72.6 Å². The molecule has 4 rings (SSSR count). The molecule has 0 saturated heterocycles. The minimum atomic E-state index is -1.06. The number of benzene rings is 2. The van der Waals surface area contributed by atoms with Gasteiger partial charge in [0.2, 0.25) is 11.8 Å². The molecule has 11 heteroatoms. The number of anilines is 2. The molecule has 0 aromatic heterocycles. The number of hydrogen-bond acceptors (Lipinski definition) is 9. The van der Waals surface area contributed by atoms with Crippen LogP contribution >= 0.6 is 0 Å². The number of unbranched alkanes of at least 4 members (excludes halogenated alkanes) is 16. The molecule has 6 unspecified atom stereocenters. The van der Waals surface area contributed by atoms with Crippen LogP contribution in [0.2, 0.25) is 0 Å². The van der Waals surface area contributed by atoms with Crippen LogP contribution < -0.4 is 26.4 Å². The number of nitrogens with two attached hydrogens (primary N) is 1. The zero-order valence-electron chi connectivity index (χ0n) is 40.2. The summed E-state index contributed by atoms with van der Waals surface area (Å²) in [7, 11) is 0. The van der Waals surface area contributed by atoms with Crippen LogP contribution in [-0.2, 0) is 15.3 Å². The van der Waals surface area contributed by atoms with Crippen molar-refractivity contribution in [2.75, 3.05) is 23.7 Å². The van der Waals surface area contributed by atoms with Gasteiger partial charge in [-0.25, -0.2) is 0 Å². The monoisotopic (exact) mass is 887 g/mol. The molecule has 1 saturated carbocycles. The Kier molecular flexibility index (Phi) is 25.0. The van der Waals surface area contributed by atoms with Gasteiger partial charge < -0.3 is 26.4 Å². The lowest BCUT2D eigenvalue weighted by atomic mass is 9.61. The molecule has 0 bridgehead atoms. The first-order chi connectivity index (χ1) is 31.2. The smallest absolute Gasteiger partial charge is 0.226 e. The molecule has 5 N–H and O–H groups in total. The molecule has 1 fully saturated rings. The van der Waals surface area contributed by atoms with Crippen molar-refractivity contribution >= 4 is 23.2 Å². The highest BCUT2D eigenvalue weighted by Gasteiger charge is 2.38. The maximum absolute atomic E-state index is 13.2. The molecule has 1 heterocycles. The first-order valence-electron chi connectivity index (χ1n) is 25.8. The van der Waals surface area contributed by atoms with Gasteiger partial charge in [0.1, 0.15) is 11.4 Å². The van der Waals surface area contributed by atoms with Crippen molar-refractivity contribution in [3.05, 3.63) is 63.4 Å². The molecular formula is C53H86N6O5. The van der Waals surface area contributed by atoms with Crippen molar-refractivity contribution in [2.45, 2.75) is 212 Å². The van der Waals surface area contributed by atoms with Crippen molar-refractivity contribution in [3.63, 3.8) is 0 Å². The van der Waals surface area contributed by atoms with E-state index in [2.05, 4.69) is 40.2 Å². The number of carbonyl (C=O) groups excluding carboxylic acids is 2. The van der Waals surface area contributed by atoms with Gasteiger partial charge in [-0.15, -0.1) is 0 Å². The van der Waals surface area contributed by atoms with E-state index in [1.807, 2.05) is 37.3 Å². The standard InChI is InChI=1S/C53H86N6O5/c1-4-6-8-10-14-20-26-46-41(24-18-9-7-5-2)29-30-42(47(46)27-21-15-12-17-23-38-55-62)25-19-13-11-16-22-28-51(61)59-53(3,54)44-33-36-48-49(40-44)64-52(58-48)43-31-34-45(35-32-43)57-50(60)37-39-56-63/h31-36,40-42,46-47,52,58H,4-30,37-39,54H2,1-3H3,(H,57,60)(H,59,61). The largest absolute Gasteiger partial charge is 0.464 e. The van der Waals surface area contributed by atoms with Crippen LogP contribution in [0.15, 0.2) is 52.8 Å². The number of fused-ring (bicyclic) bond motifs is 1. The second-order valence-corrected chi connectivity index (χ2v) is 19.4. The molecule has 2 amide bonds. The minimum absolute atomic E-state index is 0.0388. The second-order valence-electron chi connectivity index (χ2n) is 19.4. The summed E-state index contributed by atoms with van der Waals surface area (Å²) in [5, 5.41) is 15.0. The summed E-state index contributed by atoms with van der Waals surface area (Å²) in [6.45, 7) is 6.87. The highest BCUT2D eigenvalue weighted by Crippen LogP contribution is 2.48. The molecule has 2 aromatic carbocycles. The summed E-state index contributed by atoms with van der Waals surface area (Å²) in [5.41, 5.74) is 8.75. The van der Waals surface area contributed by atoms with E-state index in [1.165, 1.54) is 135 Å². The van der Waals surface area contributed by atoms with Crippen molar-refractivity contribution in [1.82, 2.24) is 5.32 Å². The maximum Gasteiger partial charge on any atom is 0.226 e. The summed E-state index contributed by atoms with van der Waals surface area (Å²) in [6, 6.07) is 13.1. The van der Waals surface area contributed by atoms with E-state index < -0.39 is 11.9 Å². The number of nitrogens with one attached hydrogen (secondary N) is 3. The fourth-order valence-electron chi connectivity index (χ4n) is 10.5. The Morgan fingerprint density at radius 3 is 1.78 bits per heavy atom. The number of carbonyl (C=O) groups is 2. The van der Waals surface area contributed by atoms with E-state index in [1.54, 1.807) is 12.1 Å². The molecule has 1 aliphatic carbocycles. The first kappa shape index (κ1) is 52.8. The van der Waals surface area contributed by atoms with E-state index in [4.69, 9.17) is 10.5 Å². The minimum Gasteiger partial charge on any atom is -0.464 e. The Labute approximate surface area is 386 Å². The molecule has 2 aromatic rings. The van der Waals surface area contributed by atoms with Gasteiger partial charge in [0.05, 0.1) is 18.8 Å². The van der Waals surface area contributed by atoms with Crippen molar-refractivity contribution < 1.29 is 14.3 Å². The Morgan fingerprint density at radius 1 is 0.656 bits per heavy atom. The zero-order chi connectivity index (χ0) is 45.8. The summed E-state index contributed by atoms with van der Waals surface area (Å²) < 4.78 is 6.24. The van der Waals surface area contributed by atoms with Crippen molar-refractivity contribution in [1.29, 1.82) is 0 Å². The van der Waals surface area contributed by atoms with Crippen LogP contribution in [0.25, 0.3) is 0 Å². The van der Waals surface area contributed by atoms with E-state index in [9.17, 15) is 19.4 Å². The molecular weight excluding hydrogens is 801 g/mol. The summed E-state index contributed by atoms with van der Waals surface area (Å²) in [4.78, 5) is 46.0. The van der Waals surface area contributed by atoms with Crippen LogP contribution in [0.5, 0.6) is 5.75 Å². The van der Waals surface area contributed by atoms with Gasteiger partial charge in [-0.2, -0.15) is 9.81 Å². The average molecular weight is 887 g/mol. The van der Waals surface area contributed by atoms with Gasteiger partial charge in [-0.3, -0.25) is 9.59 Å². The van der Waals surface area contributed by atoms with E-state index >= 15 is 0 Å². The lowest BCUT2D eigenvalue weighted by Gasteiger charge is -2.44. The number of nitrogens with zero attached hydrogens (tertiary/aromatic N) is 2. The first-order valence-corrected chi connectivity index (χ1v) is 25.8. The van der Waals surface area contributed by atoms with Gasteiger partial charge in [0.15, 0.2) is 6.23 Å². The molecule has 6 atom stereocenters. The van der Waals surface area contributed by atoms with Gasteiger partial charge in [0.25, 0.3) is 0 Å². The molecule has 0 spiro atoms. The lowest BCUT2D eigenvalue weighted by Crippen LogP contribution is -2.50. The third kappa shape index (κ3) is 18.9. The Hall–Kier alpha value is -3.86.